The number of aryl methyl sites for hydroxylation is 1. The second-order valence-electron chi connectivity index (χ2n) is 7.23. The van der Waals surface area contributed by atoms with Crippen LogP contribution < -0.4 is 19.5 Å². The Hall–Kier alpha value is -2.74. The van der Waals surface area contributed by atoms with Gasteiger partial charge in [0.15, 0.2) is 4.90 Å². The van der Waals surface area contributed by atoms with Crippen LogP contribution in [0.2, 0.25) is 5.02 Å². The van der Waals surface area contributed by atoms with Crippen molar-refractivity contribution in [3.05, 3.63) is 70.4 Å². The van der Waals surface area contributed by atoms with Gasteiger partial charge in [0.2, 0.25) is 5.88 Å². The molecule has 0 fully saturated rings. The standard InChI is InChI=1S/C23H24ClFN3O4PS/c1-4-5-6-19-14(2)9-16(12-26-19)32-13-17-18(25)7-8-20(22(17)33)28-34(29,30)21-10-15(24)11-27-23(21)31-3/h5-12,28H,4,13,33H2,1-3H3/b6-5-. The molecule has 0 saturated carbocycles. The highest BCUT2D eigenvalue weighted by Gasteiger charge is 2.23. The molecule has 1 unspecified atom stereocenters. The van der Waals surface area contributed by atoms with E-state index in [0.717, 1.165) is 17.7 Å². The fraction of sp³-hybridized carbons (Fsp3) is 0.217. The summed E-state index contributed by atoms with van der Waals surface area (Å²) in [6.45, 7) is 3.81. The molecule has 180 valence electrons. The van der Waals surface area contributed by atoms with Gasteiger partial charge >= 0.3 is 0 Å². The summed E-state index contributed by atoms with van der Waals surface area (Å²) in [6, 6.07) is 5.53. The molecule has 0 spiro atoms. The third-order valence-corrected chi connectivity index (χ3v) is 7.03. The number of pyridine rings is 2. The first kappa shape index (κ1) is 25.9. The van der Waals surface area contributed by atoms with E-state index in [4.69, 9.17) is 21.1 Å². The number of hydrogen-bond acceptors (Lipinski definition) is 6. The third-order valence-electron chi connectivity index (χ3n) is 4.80. The number of methoxy groups -OCH3 is 1. The molecule has 2 aromatic heterocycles. The van der Waals surface area contributed by atoms with E-state index in [1.165, 1.54) is 31.5 Å². The summed E-state index contributed by atoms with van der Waals surface area (Å²) in [4.78, 5) is 8.00. The maximum absolute atomic E-state index is 14.6. The monoisotopic (exact) mass is 523 g/mol. The van der Waals surface area contributed by atoms with Gasteiger partial charge in [0.1, 0.15) is 18.2 Å². The van der Waals surface area contributed by atoms with Crippen molar-refractivity contribution in [2.75, 3.05) is 11.8 Å². The maximum atomic E-state index is 14.6. The van der Waals surface area contributed by atoms with Crippen molar-refractivity contribution in [1.29, 1.82) is 0 Å². The number of halogens is 2. The van der Waals surface area contributed by atoms with Crippen LogP contribution >= 0.6 is 20.8 Å². The Bertz CT molecular complexity index is 1340. The van der Waals surface area contributed by atoms with Gasteiger partial charge in [0, 0.05) is 17.1 Å². The number of aromatic nitrogens is 2. The van der Waals surface area contributed by atoms with Crippen molar-refractivity contribution >= 4 is 47.9 Å². The lowest BCUT2D eigenvalue weighted by molar-refractivity contribution is 0.299. The lowest BCUT2D eigenvalue weighted by Gasteiger charge is -2.16. The molecule has 3 aromatic rings. The predicted molar refractivity (Wildman–Crippen MR) is 135 cm³/mol. The van der Waals surface area contributed by atoms with Crippen molar-refractivity contribution in [3.63, 3.8) is 0 Å². The number of allylic oxidation sites excluding steroid dienone is 1. The number of rotatable bonds is 9. The number of benzene rings is 1. The van der Waals surface area contributed by atoms with Crippen molar-refractivity contribution < 1.29 is 22.3 Å². The summed E-state index contributed by atoms with van der Waals surface area (Å²) >= 11 is 5.92. The van der Waals surface area contributed by atoms with Crippen LogP contribution in [-0.4, -0.2) is 25.5 Å². The zero-order chi connectivity index (χ0) is 24.9. The first-order chi connectivity index (χ1) is 16.2. The van der Waals surface area contributed by atoms with E-state index in [2.05, 4.69) is 23.9 Å². The molecule has 3 rings (SSSR count). The van der Waals surface area contributed by atoms with Crippen LogP contribution in [0.1, 0.15) is 30.2 Å². The lowest BCUT2D eigenvalue weighted by atomic mass is 10.2. The average molecular weight is 524 g/mol. The van der Waals surface area contributed by atoms with Crippen LogP contribution in [0.3, 0.4) is 0 Å². The largest absolute Gasteiger partial charge is 0.487 e. The van der Waals surface area contributed by atoms with Gasteiger partial charge in [-0.3, -0.25) is 9.71 Å². The summed E-state index contributed by atoms with van der Waals surface area (Å²) in [5, 5.41) is 0.422. The van der Waals surface area contributed by atoms with Gasteiger partial charge in [-0.1, -0.05) is 24.6 Å². The van der Waals surface area contributed by atoms with Crippen LogP contribution in [0.4, 0.5) is 10.1 Å². The summed E-state index contributed by atoms with van der Waals surface area (Å²) in [7, 11) is -0.477. The molecule has 1 N–H and O–H groups in total. The molecular weight excluding hydrogens is 500 g/mol. The molecule has 0 saturated heterocycles. The van der Waals surface area contributed by atoms with Gasteiger partial charge in [0.25, 0.3) is 10.0 Å². The zero-order valence-electron chi connectivity index (χ0n) is 18.8. The smallest absolute Gasteiger partial charge is 0.267 e. The first-order valence-corrected chi connectivity index (χ1v) is 12.6. The molecule has 7 nitrogen and oxygen atoms in total. The normalized spacial score (nSPS) is 11.6. The Morgan fingerprint density at radius 2 is 2.00 bits per heavy atom. The van der Waals surface area contributed by atoms with E-state index >= 15 is 0 Å². The molecule has 1 atom stereocenters. The van der Waals surface area contributed by atoms with Crippen molar-refractivity contribution in [3.8, 4) is 11.6 Å². The van der Waals surface area contributed by atoms with E-state index in [1.54, 1.807) is 6.20 Å². The van der Waals surface area contributed by atoms with Crippen LogP contribution in [0.25, 0.3) is 6.08 Å². The van der Waals surface area contributed by atoms with E-state index in [-0.39, 0.29) is 33.7 Å². The second kappa shape index (κ2) is 11.1. The number of ether oxygens (including phenoxy) is 2. The number of nitrogens with zero attached hydrogens (tertiary/aromatic N) is 2. The first-order valence-electron chi connectivity index (χ1n) is 10.2. The van der Waals surface area contributed by atoms with Crippen LogP contribution in [0, 0.1) is 12.7 Å². The minimum Gasteiger partial charge on any atom is -0.487 e. The molecule has 0 aliphatic heterocycles. The molecule has 0 radical (unpaired) electrons. The topological polar surface area (TPSA) is 90.4 Å². The summed E-state index contributed by atoms with van der Waals surface area (Å²) in [5.41, 5.74) is 2.07. The third kappa shape index (κ3) is 6.03. The Balaban J connectivity index is 1.85. The Kier molecular flexibility index (Phi) is 8.47. The fourth-order valence-corrected chi connectivity index (χ4v) is 4.97. The van der Waals surface area contributed by atoms with Gasteiger partial charge in [-0.25, -0.2) is 17.8 Å². The molecule has 34 heavy (non-hydrogen) atoms. The predicted octanol–water partition coefficient (Wildman–Crippen LogP) is 4.89. The minimum absolute atomic E-state index is 0.118. The Labute approximate surface area is 205 Å². The second-order valence-corrected chi connectivity index (χ2v) is 9.89. The molecule has 0 amide bonds. The molecule has 2 heterocycles. The van der Waals surface area contributed by atoms with Crippen LogP contribution in [0.5, 0.6) is 11.6 Å². The highest BCUT2D eigenvalue weighted by atomic mass is 35.5. The summed E-state index contributed by atoms with van der Waals surface area (Å²) in [6.07, 6.45) is 7.67. The molecular formula is C23H24ClFN3O4PS. The zero-order valence-corrected chi connectivity index (χ0v) is 21.5. The van der Waals surface area contributed by atoms with E-state index < -0.39 is 15.8 Å². The maximum Gasteiger partial charge on any atom is 0.267 e. The number of hydrogen-bond donors (Lipinski definition) is 1. The quantitative estimate of drug-likeness (QED) is 0.402. The van der Waals surface area contributed by atoms with E-state index in [1.807, 2.05) is 32.1 Å². The van der Waals surface area contributed by atoms with Crippen molar-refractivity contribution in [1.82, 2.24) is 9.97 Å². The Morgan fingerprint density at radius 3 is 2.68 bits per heavy atom. The summed E-state index contributed by atoms with van der Waals surface area (Å²) < 4.78 is 53.8. The van der Waals surface area contributed by atoms with Crippen molar-refractivity contribution in [2.24, 2.45) is 0 Å². The molecule has 0 aliphatic rings. The molecule has 0 bridgehead atoms. The lowest BCUT2D eigenvalue weighted by Crippen LogP contribution is -2.20. The van der Waals surface area contributed by atoms with Gasteiger partial charge in [-0.2, -0.15) is 0 Å². The van der Waals surface area contributed by atoms with Crippen LogP contribution in [0.15, 0.2) is 47.6 Å². The SMILES string of the molecule is CC/C=C\c1ncc(OCc2c(F)ccc(NS(=O)(=O)c3cc(Cl)cnc3OC)c2P)cc1C. The van der Waals surface area contributed by atoms with Gasteiger partial charge < -0.3 is 9.47 Å². The van der Waals surface area contributed by atoms with E-state index in [0.29, 0.717) is 11.1 Å². The average Bonchev–Trinajstić information content (AvgIpc) is 2.80. The van der Waals surface area contributed by atoms with Crippen molar-refractivity contribution in [2.45, 2.75) is 31.8 Å². The minimum atomic E-state index is -4.13. The highest BCUT2D eigenvalue weighted by Crippen LogP contribution is 2.27. The molecule has 1 aromatic carbocycles. The van der Waals surface area contributed by atoms with Gasteiger partial charge in [-0.15, -0.1) is 9.24 Å². The van der Waals surface area contributed by atoms with Crippen LogP contribution in [-0.2, 0) is 16.6 Å². The molecule has 0 aliphatic carbocycles. The fourth-order valence-electron chi connectivity index (χ4n) is 3.03. The van der Waals surface area contributed by atoms with E-state index in [9.17, 15) is 12.8 Å². The number of anilines is 1. The highest BCUT2D eigenvalue weighted by molar-refractivity contribution is 7.92. The number of nitrogens with one attached hydrogen (secondary N) is 1. The molecule has 11 heteroatoms. The van der Waals surface area contributed by atoms with Gasteiger partial charge in [-0.05, 0) is 49.2 Å². The van der Waals surface area contributed by atoms with Gasteiger partial charge in [0.05, 0.1) is 29.7 Å². The summed E-state index contributed by atoms with van der Waals surface area (Å²) in [5.74, 6) is -0.189. The number of sulfonamides is 1. The Morgan fingerprint density at radius 1 is 1.24 bits per heavy atom.